The van der Waals surface area contributed by atoms with Crippen LogP contribution in [0.1, 0.15) is 62.6 Å². The zero-order valence-corrected chi connectivity index (χ0v) is 13.4. The number of hydrogen-bond acceptors (Lipinski definition) is 7. The molecule has 1 heterocycles. The minimum absolute atomic E-state index is 0. The first-order chi connectivity index (χ1) is 8.98. The number of esters is 2. The summed E-state index contributed by atoms with van der Waals surface area (Å²) < 4.78 is 10.3. The summed E-state index contributed by atoms with van der Waals surface area (Å²) in [7, 11) is 0. The van der Waals surface area contributed by atoms with E-state index in [0.29, 0.717) is 0 Å². The lowest BCUT2D eigenvalue weighted by Gasteiger charge is -2.20. The quantitative estimate of drug-likeness (QED) is 0.834. The van der Waals surface area contributed by atoms with Gasteiger partial charge in [0.05, 0.1) is 0 Å². The Morgan fingerprint density at radius 2 is 1.43 bits per heavy atom. The molecule has 0 fully saturated rings. The Morgan fingerprint density at radius 3 is 1.90 bits per heavy atom. The molecule has 1 rings (SSSR count). The smallest absolute Gasteiger partial charge is 0.376 e. The van der Waals surface area contributed by atoms with Gasteiger partial charge in [0.15, 0.2) is 5.69 Å². The highest BCUT2D eigenvalue weighted by Crippen LogP contribution is 2.12. The maximum absolute atomic E-state index is 11.9. The largest absolute Gasteiger partial charge is 0.455 e. The predicted octanol–water partition coefficient (Wildman–Crippen LogP) is 2.55. The van der Waals surface area contributed by atoms with E-state index in [1.54, 1.807) is 41.5 Å². The lowest BCUT2D eigenvalue weighted by atomic mass is 10.2. The Labute approximate surface area is 124 Å². The van der Waals surface area contributed by atoms with E-state index >= 15 is 0 Å². The number of nitrogens with zero attached hydrogens (tertiary/aromatic N) is 2. The SMILES string of the molecule is CC(C)(C)OC(=O)c1ccnc(C(=O)OC(C)(C)C)n1.N. The Hall–Kier alpha value is -2.02. The molecule has 1 aromatic heterocycles. The van der Waals surface area contributed by atoms with Gasteiger partial charge < -0.3 is 15.6 Å². The van der Waals surface area contributed by atoms with E-state index in [-0.39, 0.29) is 17.7 Å². The molecule has 0 radical (unpaired) electrons. The fraction of sp³-hybridized carbons (Fsp3) is 0.571. The van der Waals surface area contributed by atoms with Crippen molar-refractivity contribution in [3.8, 4) is 0 Å². The Morgan fingerprint density at radius 1 is 0.952 bits per heavy atom. The summed E-state index contributed by atoms with van der Waals surface area (Å²) in [4.78, 5) is 31.4. The first-order valence-corrected chi connectivity index (χ1v) is 6.28. The maximum atomic E-state index is 11.9. The molecule has 0 aliphatic rings. The highest BCUT2D eigenvalue weighted by Gasteiger charge is 2.23. The van der Waals surface area contributed by atoms with Crippen molar-refractivity contribution >= 4 is 11.9 Å². The third-order valence-electron chi connectivity index (χ3n) is 1.85. The minimum Gasteiger partial charge on any atom is -0.455 e. The lowest BCUT2D eigenvalue weighted by molar-refractivity contribution is 0.00519. The molecule has 7 heteroatoms. The van der Waals surface area contributed by atoms with Crippen LogP contribution in [-0.2, 0) is 9.47 Å². The molecular formula is C14H23N3O4. The average Bonchev–Trinajstić information content (AvgIpc) is 2.24. The van der Waals surface area contributed by atoms with Gasteiger partial charge in [0.1, 0.15) is 11.2 Å². The minimum atomic E-state index is -0.678. The van der Waals surface area contributed by atoms with E-state index in [1.807, 2.05) is 0 Å². The van der Waals surface area contributed by atoms with Crippen molar-refractivity contribution in [2.24, 2.45) is 0 Å². The van der Waals surface area contributed by atoms with Crippen molar-refractivity contribution in [3.05, 3.63) is 23.8 Å². The first kappa shape index (κ1) is 19.0. The van der Waals surface area contributed by atoms with E-state index in [9.17, 15) is 9.59 Å². The Kier molecular flexibility index (Phi) is 5.98. The molecule has 0 bridgehead atoms. The van der Waals surface area contributed by atoms with Gasteiger partial charge in [0, 0.05) is 6.20 Å². The third-order valence-corrected chi connectivity index (χ3v) is 1.85. The fourth-order valence-electron chi connectivity index (χ4n) is 1.22. The van der Waals surface area contributed by atoms with E-state index < -0.39 is 23.1 Å². The van der Waals surface area contributed by atoms with Gasteiger partial charge >= 0.3 is 11.9 Å². The molecule has 7 nitrogen and oxygen atoms in total. The highest BCUT2D eigenvalue weighted by molar-refractivity contribution is 5.90. The van der Waals surface area contributed by atoms with Crippen LogP contribution >= 0.6 is 0 Å². The van der Waals surface area contributed by atoms with E-state index in [2.05, 4.69) is 9.97 Å². The van der Waals surface area contributed by atoms with Crippen LogP contribution in [-0.4, -0.2) is 33.1 Å². The number of aromatic nitrogens is 2. The fourth-order valence-corrected chi connectivity index (χ4v) is 1.22. The standard InChI is InChI=1S/C14H20N2O4.H3N/c1-13(2,3)19-11(17)9-7-8-15-10(16-9)12(18)20-14(4,5)6;/h7-8H,1-6H3;1H3. The van der Waals surface area contributed by atoms with Gasteiger partial charge in [-0.05, 0) is 47.6 Å². The van der Waals surface area contributed by atoms with Crippen LogP contribution in [0.15, 0.2) is 12.3 Å². The van der Waals surface area contributed by atoms with Gasteiger partial charge in [0.2, 0.25) is 5.82 Å². The van der Waals surface area contributed by atoms with Crippen molar-refractivity contribution in [3.63, 3.8) is 0 Å². The third kappa shape index (κ3) is 6.80. The molecule has 0 atom stereocenters. The first-order valence-electron chi connectivity index (χ1n) is 6.28. The molecule has 0 unspecified atom stereocenters. The second-order valence-corrected chi connectivity index (χ2v) is 6.27. The normalized spacial score (nSPS) is 11.3. The van der Waals surface area contributed by atoms with E-state index in [1.165, 1.54) is 12.3 Å². The molecule has 1 aromatic rings. The summed E-state index contributed by atoms with van der Waals surface area (Å²) in [5.74, 6) is -1.45. The summed E-state index contributed by atoms with van der Waals surface area (Å²) in [6.07, 6.45) is 1.32. The zero-order valence-electron chi connectivity index (χ0n) is 13.4. The summed E-state index contributed by atoms with van der Waals surface area (Å²) >= 11 is 0. The van der Waals surface area contributed by atoms with Crippen LogP contribution in [0.5, 0.6) is 0 Å². The predicted molar refractivity (Wildman–Crippen MR) is 77.4 cm³/mol. The zero-order chi connectivity index (χ0) is 15.6. The van der Waals surface area contributed by atoms with Crippen molar-refractivity contribution in [2.45, 2.75) is 52.7 Å². The molecule has 0 aliphatic heterocycles. The summed E-state index contributed by atoms with van der Waals surface area (Å²) in [6, 6.07) is 1.39. The topological polar surface area (TPSA) is 113 Å². The summed E-state index contributed by atoms with van der Waals surface area (Å²) in [5, 5.41) is 0. The van der Waals surface area contributed by atoms with Crippen molar-refractivity contribution < 1.29 is 19.1 Å². The van der Waals surface area contributed by atoms with Crippen LogP contribution in [0, 0.1) is 0 Å². The van der Waals surface area contributed by atoms with Gasteiger partial charge in [-0.25, -0.2) is 19.6 Å². The molecule has 0 spiro atoms. The number of rotatable bonds is 2. The lowest BCUT2D eigenvalue weighted by Crippen LogP contribution is -2.27. The monoisotopic (exact) mass is 297 g/mol. The van der Waals surface area contributed by atoms with Gasteiger partial charge in [-0.1, -0.05) is 0 Å². The van der Waals surface area contributed by atoms with Crippen LogP contribution in [0.3, 0.4) is 0 Å². The Balaban J connectivity index is 0.00000400. The van der Waals surface area contributed by atoms with Crippen molar-refractivity contribution in [2.75, 3.05) is 0 Å². The summed E-state index contributed by atoms with van der Waals surface area (Å²) in [6.45, 7) is 10.5. The van der Waals surface area contributed by atoms with Crippen LogP contribution in [0.4, 0.5) is 0 Å². The van der Waals surface area contributed by atoms with Gasteiger partial charge in [0.25, 0.3) is 0 Å². The molecule has 0 saturated carbocycles. The second kappa shape index (κ2) is 6.62. The number of carbonyl (C=O) groups excluding carboxylic acids is 2. The highest BCUT2D eigenvalue weighted by atomic mass is 16.6. The van der Waals surface area contributed by atoms with Gasteiger partial charge in [-0.15, -0.1) is 0 Å². The molecule has 3 N–H and O–H groups in total. The van der Waals surface area contributed by atoms with Crippen molar-refractivity contribution in [1.82, 2.24) is 16.1 Å². The second-order valence-electron chi connectivity index (χ2n) is 6.27. The Bertz CT molecular complexity index is 472. The van der Waals surface area contributed by atoms with E-state index in [0.717, 1.165) is 0 Å². The molecular weight excluding hydrogens is 274 g/mol. The number of ether oxygens (including phenoxy) is 2. The average molecular weight is 297 g/mol. The number of hydrogen-bond donors (Lipinski definition) is 1. The molecule has 118 valence electrons. The molecule has 0 saturated heterocycles. The molecule has 21 heavy (non-hydrogen) atoms. The molecule has 0 aromatic carbocycles. The van der Waals surface area contributed by atoms with E-state index in [4.69, 9.17) is 9.47 Å². The molecule has 0 amide bonds. The van der Waals surface area contributed by atoms with Gasteiger partial charge in [-0.3, -0.25) is 0 Å². The van der Waals surface area contributed by atoms with Crippen LogP contribution < -0.4 is 6.15 Å². The van der Waals surface area contributed by atoms with Crippen LogP contribution in [0.2, 0.25) is 0 Å². The van der Waals surface area contributed by atoms with Gasteiger partial charge in [-0.2, -0.15) is 0 Å². The van der Waals surface area contributed by atoms with Crippen LogP contribution in [0.25, 0.3) is 0 Å². The molecule has 0 aliphatic carbocycles. The summed E-state index contributed by atoms with van der Waals surface area (Å²) in [5.41, 5.74) is -1.26. The number of carbonyl (C=O) groups is 2. The maximum Gasteiger partial charge on any atom is 0.376 e. The van der Waals surface area contributed by atoms with Crippen molar-refractivity contribution in [1.29, 1.82) is 0 Å².